The highest BCUT2D eigenvalue weighted by Crippen LogP contribution is 2.54. The highest BCUT2D eigenvalue weighted by molar-refractivity contribution is 5.74. The van der Waals surface area contributed by atoms with Gasteiger partial charge in [0.2, 0.25) is 5.91 Å². The second-order valence-corrected chi connectivity index (χ2v) is 8.97. The molecule has 2 N–H and O–H groups in total. The molecule has 1 aromatic carbocycles. The van der Waals surface area contributed by atoms with Crippen LogP contribution in [0.5, 0.6) is 0 Å². The van der Waals surface area contributed by atoms with Gasteiger partial charge in [0.05, 0.1) is 23.4 Å². The SMILES string of the molecule is CC(=O)N1CC=C2C(C#N)=C(N)C(C#N)(C#N)[C@@H](c3ccc(C(C)(C)C)cc3)[C@H]2C1. The summed E-state index contributed by atoms with van der Waals surface area (Å²) in [5, 5.41) is 30.0. The molecule has 1 heterocycles. The number of nitrogens with zero attached hydrogens (tertiary/aromatic N) is 4. The minimum atomic E-state index is -1.68. The van der Waals surface area contributed by atoms with Gasteiger partial charge in [0.1, 0.15) is 6.07 Å². The van der Waals surface area contributed by atoms with Gasteiger partial charge in [-0.1, -0.05) is 51.1 Å². The maximum Gasteiger partial charge on any atom is 0.219 e. The minimum absolute atomic E-state index is 0.00123. The van der Waals surface area contributed by atoms with Crippen LogP contribution in [0.1, 0.15) is 44.7 Å². The van der Waals surface area contributed by atoms with Crippen molar-refractivity contribution in [2.45, 2.75) is 39.0 Å². The fraction of sp³-hybridized carbons (Fsp3) is 0.417. The molecule has 6 heteroatoms. The normalized spacial score (nSPS) is 22.8. The van der Waals surface area contributed by atoms with Crippen LogP contribution < -0.4 is 5.73 Å². The molecule has 0 fully saturated rings. The maximum absolute atomic E-state index is 12.1. The minimum Gasteiger partial charge on any atom is -0.399 e. The van der Waals surface area contributed by atoms with E-state index in [0.717, 1.165) is 16.7 Å². The lowest BCUT2D eigenvalue weighted by Gasteiger charge is -2.45. The van der Waals surface area contributed by atoms with Crippen molar-refractivity contribution in [3.63, 3.8) is 0 Å². The van der Waals surface area contributed by atoms with Crippen LogP contribution in [0.15, 0.2) is 47.2 Å². The number of allylic oxidation sites excluding steroid dienone is 2. The summed E-state index contributed by atoms with van der Waals surface area (Å²) in [5.41, 5.74) is 7.42. The zero-order valence-electron chi connectivity index (χ0n) is 17.7. The number of fused-ring (bicyclic) bond motifs is 1. The third-order valence-electron chi connectivity index (χ3n) is 6.25. The maximum atomic E-state index is 12.1. The summed E-state index contributed by atoms with van der Waals surface area (Å²) >= 11 is 0. The molecule has 0 aromatic heterocycles. The van der Waals surface area contributed by atoms with Crippen LogP contribution in [0.3, 0.4) is 0 Å². The largest absolute Gasteiger partial charge is 0.399 e. The van der Waals surface area contributed by atoms with E-state index in [1.807, 2.05) is 30.3 Å². The standard InChI is InChI=1S/C24H25N5O/c1-15(30)29-10-9-18-19(11-25)22(28)24(13-26,14-27)21(20(18)12-29)16-5-7-17(8-6-16)23(2,3)4/h5-9,20-21H,10,12,28H2,1-4H3/t20-,21-/m0/s1. The van der Waals surface area contributed by atoms with Gasteiger partial charge in [0.25, 0.3) is 0 Å². The molecule has 0 radical (unpaired) electrons. The van der Waals surface area contributed by atoms with E-state index in [-0.39, 0.29) is 28.5 Å². The number of rotatable bonds is 1. The van der Waals surface area contributed by atoms with Crippen molar-refractivity contribution in [2.75, 3.05) is 13.1 Å². The summed E-state index contributed by atoms with van der Waals surface area (Å²) in [6.45, 7) is 8.54. The Morgan fingerprint density at radius 1 is 1.17 bits per heavy atom. The predicted molar refractivity (Wildman–Crippen MR) is 112 cm³/mol. The number of hydrogen-bond donors (Lipinski definition) is 1. The summed E-state index contributed by atoms with van der Waals surface area (Å²) in [6.07, 6.45) is 1.83. The Hall–Kier alpha value is -3.56. The van der Waals surface area contributed by atoms with Gasteiger partial charge >= 0.3 is 0 Å². The van der Waals surface area contributed by atoms with E-state index in [1.54, 1.807) is 4.90 Å². The summed E-state index contributed by atoms with van der Waals surface area (Å²) in [6, 6.07) is 14.2. The Morgan fingerprint density at radius 3 is 2.23 bits per heavy atom. The van der Waals surface area contributed by atoms with Crippen LogP contribution in [0.25, 0.3) is 0 Å². The van der Waals surface area contributed by atoms with E-state index in [1.165, 1.54) is 6.92 Å². The lowest BCUT2D eigenvalue weighted by molar-refractivity contribution is -0.129. The molecule has 30 heavy (non-hydrogen) atoms. The van der Waals surface area contributed by atoms with Crippen LogP contribution in [0.2, 0.25) is 0 Å². The van der Waals surface area contributed by atoms with Crippen LogP contribution in [-0.4, -0.2) is 23.9 Å². The number of hydrogen-bond acceptors (Lipinski definition) is 5. The molecular weight excluding hydrogens is 374 g/mol. The number of carbonyl (C=O) groups excluding carboxylic acids is 1. The van der Waals surface area contributed by atoms with E-state index in [9.17, 15) is 20.6 Å². The first-order valence-corrected chi connectivity index (χ1v) is 9.90. The number of nitriles is 3. The van der Waals surface area contributed by atoms with Gasteiger partial charge < -0.3 is 10.6 Å². The monoisotopic (exact) mass is 399 g/mol. The van der Waals surface area contributed by atoms with Crippen molar-refractivity contribution in [3.8, 4) is 18.2 Å². The Morgan fingerprint density at radius 2 is 1.77 bits per heavy atom. The van der Waals surface area contributed by atoms with Crippen LogP contribution in [0.4, 0.5) is 0 Å². The van der Waals surface area contributed by atoms with Crippen molar-refractivity contribution >= 4 is 5.91 Å². The van der Waals surface area contributed by atoms with Gasteiger partial charge in [-0.05, 0) is 22.1 Å². The summed E-state index contributed by atoms with van der Waals surface area (Å²) in [7, 11) is 0. The third-order valence-corrected chi connectivity index (χ3v) is 6.25. The van der Waals surface area contributed by atoms with Crippen molar-refractivity contribution in [2.24, 2.45) is 17.1 Å². The summed E-state index contributed by atoms with van der Waals surface area (Å²) < 4.78 is 0. The Labute approximate surface area is 177 Å². The topological polar surface area (TPSA) is 118 Å². The highest BCUT2D eigenvalue weighted by Gasteiger charge is 2.54. The smallest absolute Gasteiger partial charge is 0.219 e. The Kier molecular flexibility index (Phi) is 5.19. The molecule has 1 aliphatic carbocycles. The lowest BCUT2D eigenvalue weighted by Crippen LogP contribution is -2.48. The number of nitrogens with two attached hydrogens (primary N) is 1. The average Bonchev–Trinajstić information content (AvgIpc) is 2.72. The molecule has 3 rings (SSSR count). The predicted octanol–water partition coefficient (Wildman–Crippen LogP) is 3.26. The van der Waals surface area contributed by atoms with Gasteiger partial charge in [0.15, 0.2) is 5.41 Å². The zero-order chi connectivity index (χ0) is 22.3. The molecule has 0 spiro atoms. The molecule has 152 valence electrons. The van der Waals surface area contributed by atoms with Gasteiger partial charge in [-0.2, -0.15) is 15.8 Å². The van der Waals surface area contributed by atoms with Crippen LogP contribution >= 0.6 is 0 Å². The summed E-state index contributed by atoms with van der Waals surface area (Å²) in [5.74, 6) is -1.05. The number of benzene rings is 1. The van der Waals surface area contributed by atoms with E-state index < -0.39 is 11.3 Å². The molecular formula is C24H25N5O. The highest BCUT2D eigenvalue weighted by atomic mass is 16.2. The van der Waals surface area contributed by atoms with E-state index in [4.69, 9.17) is 5.73 Å². The zero-order valence-corrected chi connectivity index (χ0v) is 17.7. The van der Waals surface area contributed by atoms with E-state index in [2.05, 4.69) is 39.0 Å². The molecule has 1 aromatic rings. The summed E-state index contributed by atoms with van der Waals surface area (Å²) in [4.78, 5) is 13.7. The molecule has 1 amide bonds. The average molecular weight is 399 g/mol. The molecule has 1 aliphatic heterocycles. The fourth-order valence-corrected chi connectivity index (χ4v) is 4.50. The van der Waals surface area contributed by atoms with E-state index >= 15 is 0 Å². The molecule has 2 atom stereocenters. The van der Waals surface area contributed by atoms with Gasteiger partial charge in [-0.25, -0.2) is 0 Å². The van der Waals surface area contributed by atoms with Crippen molar-refractivity contribution < 1.29 is 4.79 Å². The van der Waals surface area contributed by atoms with Crippen LogP contribution in [0, 0.1) is 45.3 Å². The first kappa shape index (κ1) is 21.2. The fourth-order valence-electron chi connectivity index (χ4n) is 4.50. The molecule has 0 saturated heterocycles. The second-order valence-electron chi connectivity index (χ2n) is 8.97. The van der Waals surface area contributed by atoms with Crippen molar-refractivity contribution in [1.29, 1.82) is 15.8 Å². The van der Waals surface area contributed by atoms with Gasteiger partial charge in [0, 0.05) is 31.8 Å². The van der Waals surface area contributed by atoms with Crippen molar-refractivity contribution in [1.82, 2.24) is 4.90 Å². The second kappa shape index (κ2) is 7.36. The van der Waals surface area contributed by atoms with Crippen molar-refractivity contribution in [3.05, 3.63) is 58.3 Å². The molecule has 2 aliphatic rings. The number of amides is 1. The number of carbonyl (C=O) groups is 1. The Balaban J connectivity index is 2.26. The molecule has 6 nitrogen and oxygen atoms in total. The van der Waals surface area contributed by atoms with E-state index in [0.29, 0.717) is 13.1 Å². The molecule has 0 bridgehead atoms. The Bertz CT molecular complexity index is 1050. The third kappa shape index (κ3) is 3.14. The quantitative estimate of drug-likeness (QED) is 0.777. The van der Waals surface area contributed by atoms with Gasteiger partial charge in [-0.15, -0.1) is 0 Å². The molecule has 0 unspecified atom stereocenters. The first-order chi connectivity index (χ1) is 14.1. The molecule has 0 saturated carbocycles. The lowest BCUT2D eigenvalue weighted by atomic mass is 9.58. The van der Waals surface area contributed by atoms with Crippen LogP contribution in [-0.2, 0) is 10.2 Å². The first-order valence-electron chi connectivity index (χ1n) is 9.90. The van der Waals surface area contributed by atoms with Gasteiger partial charge in [-0.3, -0.25) is 4.79 Å².